The number of piperidine rings is 1. The van der Waals surface area contributed by atoms with Crippen molar-refractivity contribution >= 4 is 50.4 Å². The molecule has 0 amide bonds. The first-order valence-electron chi connectivity index (χ1n) is 16.1. The second-order valence-corrected chi connectivity index (χ2v) is 15.4. The van der Waals surface area contributed by atoms with Gasteiger partial charge in [-0.2, -0.15) is 18.4 Å². The molecule has 14 heteroatoms. The first-order valence-corrected chi connectivity index (χ1v) is 17.7. The number of benzene rings is 1. The lowest BCUT2D eigenvalue weighted by Crippen LogP contribution is -2.49. The van der Waals surface area contributed by atoms with Gasteiger partial charge < -0.3 is 9.88 Å². The standard InChI is InChI=1S/C33H42F3N9S2/c1-22(43-11-13-44(14-12-43)47-41(3)4)19-45-26(18-37)15-28-23(2)24(5-6-30(28)45)20-42-9-7-25(8-10-42)40-31-29-16-27(17-33(34,35)36)46-32(29)39-21-38-31/h5-6,15-16,21-22,25H,7-14,17,19-20H2,1-4H3,(H,38,39,40). The summed E-state index contributed by atoms with van der Waals surface area (Å²) < 4.78 is 45.6. The minimum Gasteiger partial charge on any atom is -0.367 e. The van der Waals surface area contributed by atoms with Crippen molar-refractivity contribution in [1.82, 2.24) is 32.9 Å². The molecule has 1 aromatic carbocycles. The first-order chi connectivity index (χ1) is 22.5. The number of nitrogens with one attached hydrogen (secondary N) is 1. The van der Waals surface area contributed by atoms with Gasteiger partial charge in [0.05, 0.1) is 11.8 Å². The average Bonchev–Trinajstić information content (AvgIpc) is 3.60. The van der Waals surface area contributed by atoms with Gasteiger partial charge in [0.15, 0.2) is 0 Å². The Balaban J connectivity index is 1.07. The van der Waals surface area contributed by atoms with Crippen molar-refractivity contribution in [2.45, 2.75) is 64.5 Å². The monoisotopic (exact) mass is 685 g/mol. The quantitative estimate of drug-likeness (QED) is 0.198. The largest absolute Gasteiger partial charge is 0.393 e. The summed E-state index contributed by atoms with van der Waals surface area (Å²) in [5.74, 6) is 0.608. The number of aromatic nitrogens is 3. The van der Waals surface area contributed by atoms with Crippen molar-refractivity contribution in [2.75, 3.05) is 58.7 Å². The van der Waals surface area contributed by atoms with Crippen LogP contribution in [0.2, 0.25) is 0 Å². The van der Waals surface area contributed by atoms with Gasteiger partial charge in [0.1, 0.15) is 28.7 Å². The average molecular weight is 686 g/mol. The number of piperazine rings is 1. The number of alkyl halides is 3. The van der Waals surface area contributed by atoms with Crippen LogP contribution in [0.3, 0.4) is 0 Å². The number of thiophene rings is 1. The lowest BCUT2D eigenvalue weighted by molar-refractivity contribution is -0.126. The number of hydrogen-bond acceptors (Lipinski definition) is 10. The van der Waals surface area contributed by atoms with Crippen LogP contribution in [0.4, 0.5) is 19.0 Å². The third-order valence-corrected chi connectivity index (χ3v) is 11.2. The van der Waals surface area contributed by atoms with Crippen molar-refractivity contribution in [2.24, 2.45) is 0 Å². The number of nitriles is 1. The Hall–Kier alpha value is -2.93. The Morgan fingerprint density at radius 1 is 1.09 bits per heavy atom. The molecule has 0 bridgehead atoms. The van der Waals surface area contributed by atoms with Crippen LogP contribution in [0.15, 0.2) is 30.6 Å². The Morgan fingerprint density at radius 2 is 1.83 bits per heavy atom. The minimum absolute atomic E-state index is 0.183. The number of rotatable bonds is 10. The molecule has 2 aliphatic rings. The molecule has 1 N–H and O–H groups in total. The van der Waals surface area contributed by atoms with Crippen LogP contribution in [0.25, 0.3) is 21.1 Å². The molecule has 2 saturated heterocycles. The summed E-state index contributed by atoms with van der Waals surface area (Å²) >= 11 is 2.85. The third kappa shape index (κ3) is 8.04. The molecule has 2 fully saturated rings. The lowest BCUT2D eigenvalue weighted by atomic mass is 10.0. The van der Waals surface area contributed by atoms with E-state index in [0.717, 1.165) is 87.4 Å². The van der Waals surface area contributed by atoms with E-state index in [2.05, 4.69) is 90.5 Å². The molecule has 9 nitrogen and oxygen atoms in total. The summed E-state index contributed by atoms with van der Waals surface area (Å²) in [5.41, 5.74) is 4.30. The van der Waals surface area contributed by atoms with E-state index in [9.17, 15) is 18.4 Å². The Labute approximate surface area is 282 Å². The molecule has 1 unspecified atom stereocenters. The van der Waals surface area contributed by atoms with E-state index < -0.39 is 12.6 Å². The van der Waals surface area contributed by atoms with Gasteiger partial charge in [0.25, 0.3) is 0 Å². The maximum absolute atomic E-state index is 13.0. The number of halogens is 3. The van der Waals surface area contributed by atoms with E-state index in [4.69, 9.17) is 0 Å². The van der Waals surface area contributed by atoms with Crippen molar-refractivity contribution < 1.29 is 13.2 Å². The van der Waals surface area contributed by atoms with Crippen molar-refractivity contribution in [3.8, 4) is 6.07 Å². The zero-order valence-corrected chi connectivity index (χ0v) is 29.0. The maximum atomic E-state index is 13.0. The van der Waals surface area contributed by atoms with E-state index in [1.807, 2.05) is 0 Å². The topological polar surface area (TPSA) is 79.5 Å². The Bertz CT molecular complexity index is 1730. The zero-order chi connectivity index (χ0) is 33.3. The van der Waals surface area contributed by atoms with E-state index in [-0.39, 0.29) is 10.9 Å². The van der Waals surface area contributed by atoms with Crippen LogP contribution >= 0.6 is 23.5 Å². The fraction of sp³-hybridized carbons (Fsp3) is 0.545. The van der Waals surface area contributed by atoms with Gasteiger partial charge in [-0.3, -0.25) is 9.80 Å². The second kappa shape index (κ2) is 14.3. The van der Waals surface area contributed by atoms with E-state index in [0.29, 0.717) is 27.8 Å². The highest BCUT2D eigenvalue weighted by molar-refractivity contribution is 7.94. The van der Waals surface area contributed by atoms with Gasteiger partial charge in [0.2, 0.25) is 0 Å². The van der Waals surface area contributed by atoms with Gasteiger partial charge >= 0.3 is 6.18 Å². The summed E-state index contributed by atoms with van der Waals surface area (Å²) in [7, 11) is 4.15. The van der Waals surface area contributed by atoms with Gasteiger partial charge in [-0.05, 0) is 70.1 Å². The summed E-state index contributed by atoms with van der Waals surface area (Å²) in [5, 5.41) is 15.3. The van der Waals surface area contributed by atoms with Gasteiger partial charge in [-0.15, -0.1) is 11.3 Å². The molecular formula is C33H42F3N9S2. The van der Waals surface area contributed by atoms with Crippen LogP contribution in [0.1, 0.15) is 41.5 Å². The van der Waals surface area contributed by atoms with Crippen LogP contribution in [-0.2, 0) is 19.5 Å². The van der Waals surface area contributed by atoms with Gasteiger partial charge in [-0.1, -0.05) is 6.07 Å². The normalized spacial score (nSPS) is 18.4. The molecule has 0 aliphatic carbocycles. The fourth-order valence-corrected chi connectivity index (χ4v) is 8.61. The third-order valence-electron chi connectivity index (χ3n) is 9.28. The van der Waals surface area contributed by atoms with Crippen LogP contribution < -0.4 is 5.32 Å². The molecule has 3 aromatic heterocycles. The highest BCUT2D eigenvalue weighted by atomic mass is 32.2. The van der Waals surface area contributed by atoms with Crippen LogP contribution in [0.5, 0.6) is 0 Å². The van der Waals surface area contributed by atoms with Crippen molar-refractivity contribution in [3.05, 3.63) is 52.3 Å². The molecule has 47 heavy (non-hydrogen) atoms. The fourth-order valence-electron chi connectivity index (χ4n) is 6.79. The van der Waals surface area contributed by atoms with Gasteiger partial charge in [0, 0.05) is 92.4 Å². The highest BCUT2D eigenvalue weighted by Crippen LogP contribution is 2.34. The van der Waals surface area contributed by atoms with E-state index in [1.165, 1.54) is 17.5 Å². The molecule has 5 heterocycles. The van der Waals surface area contributed by atoms with Crippen molar-refractivity contribution in [1.29, 1.82) is 5.26 Å². The minimum atomic E-state index is -4.25. The molecular weight excluding hydrogens is 644 g/mol. The lowest BCUT2D eigenvalue weighted by Gasteiger charge is -2.38. The van der Waals surface area contributed by atoms with E-state index >= 15 is 0 Å². The Kier molecular flexibility index (Phi) is 10.3. The molecule has 252 valence electrons. The number of fused-ring (bicyclic) bond motifs is 2. The smallest absolute Gasteiger partial charge is 0.367 e. The summed E-state index contributed by atoms with van der Waals surface area (Å²) in [4.78, 5) is 14.4. The molecule has 2 aliphatic heterocycles. The van der Waals surface area contributed by atoms with Gasteiger partial charge in [-0.25, -0.2) is 18.6 Å². The summed E-state index contributed by atoms with van der Waals surface area (Å²) in [6, 6.07) is 11.0. The predicted octanol–water partition coefficient (Wildman–Crippen LogP) is 6.14. The summed E-state index contributed by atoms with van der Waals surface area (Å²) in [6.45, 7) is 11.9. The molecule has 4 aromatic rings. The SMILES string of the molecule is Cc1c(CN2CCC(Nc3ncnc4sc(CC(F)(F)F)cc34)CC2)ccc2c1cc(C#N)n2CC(C)N1CCN(SN(C)C)CC1. The second-order valence-electron chi connectivity index (χ2n) is 12.9. The molecule has 0 spiro atoms. The predicted molar refractivity (Wildman–Crippen MR) is 184 cm³/mol. The highest BCUT2D eigenvalue weighted by Gasteiger charge is 2.30. The number of hydrogen-bond donors (Lipinski definition) is 1. The number of nitrogens with zero attached hydrogens (tertiary/aromatic N) is 8. The van der Waals surface area contributed by atoms with Crippen molar-refractivity contribution in [3.63, 3.8) is 0 Å². The number of likely N-dealkylation sites (tertiary alicyclic amines) is 1. The first kappa shape index (κ1) is 34.0. The number of anilines is 1. The molecule has 6 rings (SSSR count). The van der Waals surface area contributed by atoms with Crippen LogP contribution in [0, 0.1) is 18.3 Å². The molecule has 0 saturated carbocycles. The molecule has 0 radical (unpaired) electrons. The maximum Gasteiger partial charge on any atom is 0.393 e. The Morgan fingerprint density at radius 3 is 2.51 bits per heavy atom. The van der Waals surface area contributed by atoms with Crippen LogP contribution in [-0.4, -0.2) is 105 Å². The summed E-state index contributed by atoms with van der Waals surface area (Å²) in [6.07, 6.45) is -1.97. The molecule has 1 atom stereocenters. The van der Waals surface area contributed by atoms with E-state index in [1.54, 1.807) is 18.2 Å². The number of aryl methyl sites for hydroxylation is 1. The zero-order valence-electron chi connectivity index (χ0n) is 27.3.